The molecule has 348 valence electrons. The number of carboxylic acid groups (broad SMARTS) is 1. The molecule has 0 spiro atoms. The first kappa shape index (κ1) is 47.6. The van der Waals surface area contributed by atoms with Crippen molar-refractivity contribution in [3.63, 3.8) is 0 Å². The number of thiophene rings is 2. The molecular weight excluding hydrogens is 879 g/mol. The quantitative estimate of drug-likeness (QED) is 0.0730. The molecule has 5 N–H and O–H groups in total. The highest BCUT2D eigenvalue weighted by Crippen LogP contribution is 2.29. The highest BCUT2D eigenvalue weighted by Gasteiger charge is 2.26. The van der Waals surface area contributed by atoms with E-state index in [9.17, 15) is 28.8 Å². The maximum Gasteiger partial charge on any atom is 0.303 e. The van der Waals surface area contributed by atoms with E-state index in [0.29, 0.717) is 69.7 Å². The van der Waals surface area contributed by atoms with Crippen molar-refractivity contribution in [1.82, 2.24) is 28.9 Å². The number of primary amides is 1. The van der Waals surface area contributed by atoms with Gasteiger partial charge in [0.05, 0.1) is 31.8 Å². The molecule has 8 rings (SSSR count). The minimum atomic E-state index is -0.873. The van der Waals surface area contributed by atoms with Crippen LogP contribution >= 0.6 is 22.7 Å². The average molecular weight is 936 g/mol. The number of fused-ring (bicyclic) bond motifs is 2. The van der Waals surface area contributed by atoms with Crippen molar-refractivity contribution >= 4 is 92.1 Å². The standard InChI is InChI=1S/C24H29N5O3S.C24H28N4O4S/c1-28(17-7-3-2-4-8-17)23(32)16-11-12-19-18(15-16)26-24(29(19)13-5-10-21(25)30)27-22(31)20-9-6-14-33-20;1-27(17-7-3-2-4-8-17)23(32)16-11-12-19-18(15-16)25-24(28(19)13-5-10-21(29)30)26-22(31)20-9-6-14-33-20/h6,9,11-12,14-15,17H,2-5,7-8,10,13H2,1H3,(H2,25,30)(H,26,27,31);6,9,11-12,14-15,17H,2-5,7-8,10,13H2,1H3,(H,29,30)(H,25,26,31). The van der Waals surface area contributed by atoms with Gasteiger partial charge < -0.3 is 29.8 Å². The van der Waals surface area contributed by atoms with Crippen LogP contribution in [-0.4, -0.2) is 95.7 Å². The molecule has 2 aliphatic carbocycles. The fourth-order valence-electron chi connectivity index (χ4n) is 8.79. The third-order valence-electron chi connectivity index (χ3n) is 12.4. The minimum Gasteiger partial charge on any atom is -0.481 e. The summed E-state index contributed by atoms with van der Waals surface area (Å²) in [6.45, 7) is 0.854. The molecule has 66 heavy (non-hydrogen) atoms. The van der Waals surface area contributed by atoms with Crippen molar-refractivity contribution in [3.05, 3.63) is 92.3 Å². The molecule has 0 atom stereocenters. The Morgan fingerprint density at radius 3 is 1.45 bits per heavy atom. The Labute approximate surface area is 391 Å². The van der Waals surface area contributed by atoms with E-state index >= 15 is 0 Å². The van der Waals surface area contributed by atoms with Gasteiger partial charge in [0.15, 0.2) is 0 Å². The molecule has 0 aliphatic heterocycles. The zero-order valence-corrected chi connectivity index (χ0v) is 39.0. The van der Waals surface area contributed by atoms with Gasteiger partial charge >= 0.3 is 5.97 Å². The maximum absolute atomic E-state index is 13.1. The van der Waals surface area contributed by atoms with Crippen LogP contribution in [0.5, 0.6) is 0 Å². The molecule has 4 heterocycles. The summed E-state index contributed by atoms with van der Waals surface area (Å²) in [6, 6.07) is 18.4. The molecule has 2 aliphatic rings. The second kappa shape index (κ2) is 22.2. The minimum absolute atomic E-state index is 0.0146. The molecule has 2 saturated carbocycles. The first-order chi connectivity index (χ1) is 31.9. The number of nitrogens with two attached hydrogens (primary N) is 1. The Morgan fingerprint density at radius 1 is 0.652 bits per heavy atom. The fourth-order valence-corrected chi connectivity index (χ4v) is 10.0. The van der Waals surface area contributed by atoms with Crippen LogP contribution in [0.15, 0.2) is 71.4 Å². The summed E-state index contributed by atoms with van der Waals surface area (Å²) in [6.07, 6.45) is 12.4. The Morgan fingerprint density at radius 2 is 1.08 bits per heavy atom. The smallest absolute Gasteiger partial charge is 0.303 e. The summed E-state index contributed by atoms with van der Waals surface area (Å²) < 4.78 is 3.67. The summed E-state index contributed by atoms with van der Waals surface area (Å²) in [7, 11) is 3.73. The molecule has 5 amide bonds. The van der Waals surface area contributed by atoms with Crippen LogP contribution in [0, 0.1) is 0 Å². The summed E-state index contributed by atoms with van der Waals surface area (Å²) >= 11 is 2.68. The number of nitrogens with zero attached hydrogens (tertiary/aromatic N) is 6. The number of nitrogens with one attached hydrogen (secondary N) is 2. The molecule has 2 fully saturated rings. The average Bonchev–Trinajstić information content (AvgIpc) is 4.17. The van der Waals surface area contributed by atoms with Gasteiger partial charge in [-0.15, -0.1) is 22.7 Å². The van der Waals surface area contributed by atoms with Gasteiger partial charge in [-0.05, 0) is 97.8 Å². The molecule has 0 radical (unpaired) electrons. The van der Waals surface area contributed by atoms with Crippen LogP contribution in [0.4, 0.5) is 11.9 Å². The van der Waals surface area contributed by atoms with Gasteiger partial charge in [0.2, 0.25) is 17.8 Å². The van der Waals surface area contributed by atoms with Crippen molar-refractivity contribution in [2.24, 2.45) is 5.73 Å². The molecule has 2 aromatic carbocycles. The lowest BCUT2D eigenvalue weighted by Gasteiger charge is -2.31. The van der Waals surface area contributed by atoms with Crippen LogP contribution in [0.2, 0.25) is 0 Å². The molecule has 6 aromatic rings. The number of carbonyl (C=O) groups is 6. The molecule has 4 aromatic heterocycles. The van der Waals surface area contributed by atoms with Crippen LogP contribution in [0.3, 0.4) is 0 Å². The number of benzene rings is 2. The highest BCUT2D eigenvalue weighted by molar-refractivity contribution is 7.12. The van der Waals surface area contributed by atoms with E-state index in [0.717, 1.165) is 62.4 Å². The zero-order chi connectivity index (χ0) is 46.7. The predicted molar refractivity (Wildman–Crippen MR) is 257 cm³/mol. The third kappa shape index (κ3) is 11.7. The molecule has 0 unspecified atom stereocenters. The first-order valence-electron chi connectivity index (χ1n) is 22.6. The van der Waals surface area contributed by atoms with E-state index in [1.54, 1.807) is 42.5 Å². The molecule has 0 bridgehead atoms. The Hall–Kier alpha value is -6.40. The highest BCUT2D eigenvalue weighted by atomic mass is 32.1. The number of anilines is 2. The van der Waals surface area contributed by atoms with Gasteiger partial charge in [-0.1, -0.05) is 50.7 Å². The van der Waals surface area contributed by atoms with Crippen LogP contribution in [-0.2, 0) is 22.7 Å². The number of carboxylic acids is 1. The zero-order valence-electron chi connectivity index (χ0n) is 37.4. The number of aliphatic carboxylic acids is 1. The number of rotatable bonds is 16. The maximum atomic E-state index is 13.1. The number of aryl methyl sites for hydroxylation is 2. The molecular formula is C48H57N9O7S2. The van der Waals surface area contributed by atoms with Crippen LogP contribution in [0.25, 0.3) is 22.1 Å². The molecule has 16 nitrogen and oxygen atoms in total. The summed E-state index contributed by atoms with van der Waals surface area (Å²) in [5, 5.41) is 18.4. The van der Waals surface area contributed by atoms with E-state index in [-0.39, 0.29) is 54.5 Å². The van der Waals surface area contributed by atoms with Crippen molar-refractivity contribution in [2.75, 3.05) is 24.7 Å². The van der Waals surface area contributed by atoms with Crippen molar-refractivity contribution < 1.29 is 33.9 Å². The van der Waals surface area contributed by atoms with Crippen molar-refractivity contribution in [1.29, 1.82) is 0 Å². The van der Waals surface area contributed by atoms with Gasteiger partial charge in [-0.25, -0.2) is 9.97 Å². The van der Waals surface area contributed by atoms with Gasteiger partial charge in [0, 0.05) is 63.2 Å². The van der Waals surface area contributed by atoms with Gasteiger partial charge in [0.25, 0.3) is 23.6 Å². The van der Waals surface area contributed by atoms with E-state index < -0.39 is 5.97 Å². The lowest BCUT2D eigenvalue weighted by Crippen LogP contribution is -2.38. The second-order valence-corrected chi connectivity index (χ2v) is 18.8. The van der Waals surface area contributed by atoms with E-state index in [2.05, 4.69) is 20.6 Å². The molecule has 18 heteroatoms. The lowest BCUT2D eigenvalue weighted by molar-refractivity contribution is -0.137. The van der Waals surface area contributed by atoms with Gasteiger partial charge in [-0.2, -0.15) is 0 Å². The van der Waals surface area contributed by atoms with Crippen molar-refractivity contribution in [2.45, 2.75) is 115 Å². The summed E-state index contributed by atoms with van der Waals surface area (Å²) in [5.41, 5.74) is 9.19. The monoisotopic (exact) mass is 935 g/mol. The van der Waals surface area contributed by atoms with E-state index in [1.165, 1.54) is 35.5 Å². The number of imidazole rings is 2. The Balaban J connectivity index is 0.000000196. The number of carbonyl (C=O) groups excluding carboxylic acids is 5. The Kier molecular flexibility index (Phi) is 16.0. The third-order valence-corrected chi connectivity index (χ3v) is 14.1. The van der Waals surface area contributed by atoms with Crippen LogP contribution < -0.4 is 16.4 Å². The van der Waals surface area contributed by atoms with Crippen molar-refractivity contribution in [3.8, 4) is 0 Å². The molecule has 0 saturated heterocycles. The number of aromatic nitrogens is 4. The number of amides is 5. The normalized spacial score (nSPS) is 14.3. The lowest BCUT2D eigenvalue weighted by atomic mass is 9.94. The largest absolute Gasteiger partial charge is 0.481 e. The fraction of sp³-hybridized carbons (Fsp3) is 0.417. The summed E-state index contributed by atoms with van der Waals surface area (Å²) in [4.78, 5) is 87.7. The Bertz CT molecular complexity index is 2480. The van der Waals surface area contributed by atoms with Gasteiger partial charge in [0.1, 0.15) is 0 Å². The summed E-state index contributed by atoms with van der Waals surface area (Å²) in [5.74, 6) is -1.08. The van der Waals surface area contributed by atoms with E-state index in [1.807, 2.05) is 62.0 Å². The van der Waals surface area contributed by atoms with E-state index in [4.69, 9.17) is 10.8 Å². The van der Waals surface area contributed by atoms with Crippen LogP contribution in [0.1, 0.15) is 130 Å². The predicted octanol–water partition coefficient (Wildman–Crippen LogP) is 8.64. The number of hydrogen-bond donors (Lipinski definition) is 4. The van der Waals surface area contributed by atoms with Gasteiger partial charge in [-0.3, -0.25) is 39.4 Å². The SMILES string of the molecule is CN(C(=O)c1ccc2c(c1)nc(NC(=O)c1cccs1)n2CCCC(=O)O)C1CCCCC1.CN(C(=O)c1ccc2c(c1)nc(NC(=O)c1cccs1)n2CCCC(N)=O)C1CCCCC1. The first-order valence-corrected chi connectivity index (χ1v) is 24.4. The number of hydrogen-bond acceptors (Lipinski definition) is 10. The topological polar surface area (TPSA) is 215 Å². The second-order valence-electron chi connectivity index (χ2n) is 16.9.